The third-order valence-corrected chi connectivity index (χ3v) is 3.73. The number of pyridine rings is 1. The Labute approximate surface area is 155 Å². The van der Waals surface area contributed by atoms with Gasteiger partial charge in [0.1, 0.15) is 17.3 Å². The summed E-state index contributed by atoms with van der Waals surface area (Å²) in [5.41, 5.74) is 0.757. The minimum Gasteiger partial charge on any atom is -0.495 e. The third-order valence-electron chi connectivity index (χ3n) is 3.73. The number of nitrogens with one attached hydrogen (secondary N) is 2. The molecular weight excluding hydrogens is 349 g/mol. The van der Waals surface area contributed by atoms with E-state index in [9.17, 15) is 14.0 Å². The molecule has 0 aliphatic heterocycles. The number of aromatic nitrogens is 1. The summed E-state index contributed by atoms with van der Waals surface area (Å²) in [6.45, 7) is 0. The highest BCUT2D eigenvalue weighted by Gasteiger charge is 2.14. The molecule has 0 unspecified atom stereocenters. The van der Waals surface area contributed by atoms with Gasteiger partial charge >= 0.3 is 0 Å². The average molecular weight is 365 g/mol. The summed E-state index contributed by atoms with van der Waals surface area (Å²) in [6, 6.07) is 15.6. The number of para-hydroxylation sites is 3. The number of methoxy groups -OCH3 is 1. The van der Waals surface area contributed by atoms with Crippen LogP contribution in [0.2, 0.25) is 0 Å². The molecule has 2 aromatic carbocycles. The highest BCUT2D eigenvalue weighted by atomic mass is 19.1. The average Bonchev–Trinajstić information content (AvgIpc) is 2.70. The van der Waals surface area contributed by atoms with E-state index < -0.39 is 17.6 Å². The Bertz CT molecular complexity index is 991. The maximum Gasteiger partial charge on any atom is 0.274 e. The second kappa shape index (κ2) is 8.09. The molecule has 1 aromatic heterocycles. The molecule has 0 atom stereocenters. The summed E-state index contributed by atoms with van der Waals surface area (Å²) in [5.74, 6) is -1.10. The molecule has 3 rings (SSSR count). The van der Waals surface area contributed by atoms with Crippen molar-refractivity contribution in [2.24, 2.45) is 0 Å². The van der Waals surface area contributed by atoms with Gasteiger partial charge in [-0.25, -0.2) is 4.39 Å². The number of hydrogen-bond acceptors (Lipinski definition) is 4. The zero-order chi connectivity index (χ0) is 19.2. The number of ether oxygens (including phenoxy) is 1. The lowest BCUT2D eigenvalue weighted by molar-refractivity contribution is 0.102. The van der Waals surface area contributed by atoms with Crippen molar-refractivity contribution in [3.63, 3.8) is 0 Å². The number of rotatable bonds is 5. The molecule has 0 saturated carbocycles. The van der Waals surface area contributed by atoms with E-state index in [4.69, 9.17) is 4.74 Å². The second-order valence-corrected chi connectivity index (χ2v) is 5.52. The van der Waals surface area contributed by atoms with Crippen LogP contribution in [0.4, 0.5) is 15.8 Å². The van der Waals surface area contributed by atoms with Gasteiger partial charge in [0.05, 0.1) is 18.5 Å². The van der Waals surface area contributed by atoms with Crippen molar-refractivity contribution in [1.29, 1.82) is 0 Å². The van der Waals surface area contributed by atoms with E-state index >= 15 is 0 Å². The Morgan fingerprint density at radius 2 is 1.59 bits per heavy atom. The van der Waals surface area contributed by atoms with Crippen molar-refractivity contribution >= 4 is 23.2 Å². The number of carbonyl (C=O) groups excluding carboxylic acids is 2. The maximum atomic E-state index is 13.7. The molecule has 0 radical (unpaired) electrons. The SMILES string of the molecule is COc1ccccc1NC(=O)c1ccnc(C(=O)Nc2ccccc2F)c1. The highest BCUT2D eigenvalue weighted by molar-refractivity contribution is 6.08. The first-order valence-electron chi connectivity index (χ1n) is 8.05. The summed E-state index contributed by atoms with van der Waals surface area (Å²) in [4.78, 5) is 28.7. The largest absolute Gasteiger partial charge is 0.495 e. The van der Waals surface area contributed by atoms with Crippen LogP contribution >= 0.6 is 0 Å². The highest BCUT2D eigenvalue weighted by Crippen LogP contribution is 2.23. The topological polar surface area (TPSA) is 80.3 Å². The van der Waals surface area contributed by atoms with Crippen molar-refractivity contribution in [2.45, 2.75) is 0 Å². The minimum atomic E-state index is -0.618. The molecule has 2 N–H and O–H groups in total. The monoisotopic (exact) mass is 365 g/mol. The number of nitrogens with zero attached hydrogens (tertiary/aromatic N) is 1. The first kappa shape index (κ1) is 18.1. The van der Waals surface area contributed by atoms with Gasteiger partial charge in [-0.15, -0.1) is 0 Å². The van der Waals surface area contributed by atoms with Crippen LogP contribution in [0.3, 0.4) is 0 Å². The van der Waals surface area contributed by atoms with Gasteiger partial charge in [-0.2, -0.15) is 0 Å². The van der Waals surface area contributed by atoms with Crippen LogP contribution in [0.15, 0.2) is 66.9 Å². The predicted octanol–water partition coefficient (Wildman–Crippen LogP) is 3.73. The van der Waals surface area contributed by atoms with Crippen molar-refractivity contribution < 1.29 is 18.7 Å². The van der Waals surface area contributed by atoms with Gasteiger partial charge in [-0.1, -0.05) is 24.3 Å². The van der Waals surface area contributed by atoms with Gasteiger partial charge in [-0.3, -0.25) is 14.6 Å². The maximum absolute atomic E-state index is 13.7. The summed E-state index contributed by atoms with van der Waals surface area (Å²) < 4.78 is 18.9. The molecule has 7 heteroatoms. The normalized spacial score (nSPS) is 10.1. The first-order chi connectivity index (χ1) is 13.1. The number of anilines is 2. The van der Waals surface area contributed by atoms with Crippen LogP contribution in [0.1, 0.15) is 20.8 Å². The molecule has 3 aromatic rings. The van der Waals surface area contributed by atoms with E-state index in [2.05, 4.69) is 15.6 Å². The summed E-state index contributed by atoms with van der Waals surface area (Å²) in [5, 5.41) is 5.15. The Balaban J connectivity index is 1.77. The summed E-state index contributed by atoms with van der Waals surface area (Å²) >= 11 is 0. The third kappa shape index (κ3) is 4.27. The Morgan fingerprint density at radius 1 is 0.926 bits per heavy atom. The number of halogens is 1. The molecule has 0 aliphatic rings. The fourth-order valence-electron chi connectivity index (χ4n) is 2.39. The van der Waals surface area contributed by atoms with Crippen molar-refractivity contribution in [3.05, 3.63) is 83.9 Å². The van der Waals surface area contributed by atoms with E-state index in [1.807, 2.05) is 0 Å². The van der Waals surface area contributed by atoms with E-state index in [1.165, 1.54) is 43.6 Å². The van der Waals surface area contributed by atoms with Crippen molar-refractivity contribution in [3.8, 4) is 5.75 Å². The molecule has 0 fully saturated rings. The van der Waals surface area contributed by atoms with Gasteiger partial charge in [0.2, 0.25) is 0 Å². The van der Waals surface area contributed by atoms with Gasteiger partial charge in [0, 0.05) is 11.8 Å². The molecule has 0 aliphatic carbocycles. The molecule has 0 bridgehead atoms. The van der Waals surface area contributed by atoms with Crippen LogP contribution in [0, 0.1) is 5.82 Å². The number of carbonyl (C=O) groups is 2. The molecule has 0 spiro atoms. The smallest absolute Gasteiger partial charge is 0.274 e. The molecule has 6 nitrogen and oxygen atoms in total. The first-order valence-corrected chi connectivity index (χ1v) is 8.05. The molecule has 0 saturated heterocycles. The van der Waals surface area contributed by atoms with Gasteiger partial charge in [0.15, 0.2) is 0 Å². The zero-order valence-electron chi connectivity index (χ0n) is 14.4. The van der Waals surface area contributed by atoms with E-state index in [1.54, 1.807) is 30.3 Å². The fourth-order valence-corrected chi connectivity index (χ4v) is 2.39. The molecular formula is C20H16FN3O3. The molecule has 27 heavy (non-hydrogen) atoms. The predicted molar refractivity (Wildman–Crippen MR) is 99.5 cm³/mol. The van der Waals surface area contributed by atoms with Gasteiger partial charge in [-0.05, 0) is 36.4 Å². The molecule has 1 heterocycles. The zero-order valence-corrected chi connectivity index (χ0v) is 14.4. The number of amides is 2. The Hall–Kier alpha value is -3.74. The van der Waals surface area contributed by atoms with E-state index in [-0.39, 0.29) is 16.9 Å². The lowest BCUT2D eigenvalue weighted by atomic mass is 10.2. The summed E-state index contributed by atoms with van der Waals surface area (Å²) in [7, 11) is 1.50. The lowest BCUT2D eigenvalue weighted by Gasteiger charge is -2.10. The summed E-state index contributed by atoms with van der Waals surface area (Å²) in [6.07, 6.45) is 1.34. The quantitative estimate of drug-likeness (QED) is 0.722. The van der Waals surface area contributed by atoms with Gasteiger partial charge in [0.25, 0.3) is 11.8 Å². The van der Waals surface area contributed by atoms with Crippen LogP contribution in [-0.2, 0) is 0 Å². The van der Waals surface area contributed by atoms with E-state index in [0.717, 1.165) is 0 Å². The standard InChI is InChI=1S/C20H16FN3O3/c1-27-18-9-5-4-8-16(18)24-19(25)13-10-11-22-17(12-13)20(26)23-15-7-3-2-6-14(15)21/h2-12H,1H3,(H,23,26)(H,24,25). The fraction of sp³-hybridized carbons (Fsp3) is 0.0500. The number of benzene rings is 2. The second-order valence-electron chi connectivity index (χ2n) is 5.52. The van der Waals surface area contributed by atoms with Crippen LogP contribution in [-0.4, -0.2) is 23.9 Å². The van der Waals surface area contributed by atoms with Crippen LogP contribution < -0.4 is 15.4 Å². The van der Waals surface area contributed by atoms with Crippen LogP contribution in [0.25, 0.3) is 0 Å². The van der Waals surface area contributed by atoms with Crippen molar-refractivity contribution in [1.82, 2.24) is 4.98 Å². The van der Waals surface area contributed by atoms with Crippen LogP contribution in [0.5, 0.6) is 5.75 Å². The number of hydrogen-bond donors (Lipinski definition) is 2. The Morgan fingerprint density at radius 3 is 2.33 bits per heavy atom. The lowest BCUT2D eigenvalue weighted by Crippen LogP contribution is -2.17. The van der Waals surface area contributed by atoms with Crippen molar-refractivity contribution in [2.75, 3.05) is 17.7 Å². The van der Waals surface area contributed by atoms with Gasteiger partial charge < -0.3 is 15.4 Å². The molecule has 2 amide bonds. The Kier molecular flexibility index (Phi) is 5.41. The molecule has 136 valence electrons. The minimum absolute atomic E-state index is 0.00840. The van der Waals surface area contributed by atoms with E-state index in [0.29, 0.717) is 11.4 Å².